The fourth-order valence-electron chi connectivity index (χ4n) is 3.78. The number of piperazine rings is 1. The van der Waals surface area contributed by atoms with Crippen LogP contribution in [0.2, 0.25) is 0 Å². The molecular formula is C22H25N5O2. The minimum Gasteiger partial charge on any atom is -0.353 e. The van der Waals surface area contributed by atoms with E-state index in [-0.39, 0.29) is 11.5 Å². The third kappa shape index (κ3) is 4.13. The number of nitrogens with zero attached hydrogens (tertiary/aromatic N) is 4. The molecule has 29 heavy (non-hydrogen) atoms. The molecule has 1 saturated heterocycles. The molecule has 7 heteroatoms. The van der Waals surface area contributed by atoms with Gasteiger partial charge >= 0.3 is 0 Å². The highest BCUT2D eigenvalue weighted by Gasteiger charge is 2.22. The standard InChI is InChI=1S/C22H25N5O2/c1-15-5-6-17-18(14-15)24-19(25-22(17)29)7-8-20(28)26-10-12-27(13-11-26)21-16(2)4-3-9-23-21/h3-6,9,14H,7-8,10-13H2,1-2H3,(H,24,25,29). The van der Waals surface area contributed by atoms with Crippen LogP contribution in [0.4, 0.5) is 5.82 Å². The van der Waals surface area contributed by atoms with Crippen LogP contribution in [-0.2, 0) is 11.2 Å². The van der Waals surface area contributed by atoms with Gasteiger partial charge in [-0.05, 0) is 43.2 Å². The highest BCUT2D eigenvalue weighted by atomic mass is 16.2. The molecule has 7 nitrogen and oxygen atoms in total. The Morgan fingerprint density at radius 1 is 1.14 bits per heavy atom. The van der Waals surface area contributed by atoms with Crippen LogP contribution < -0.4 is 10.5 Å². The van der Waals surface area contributed by atoms with Crippen LogP contribution in [0, 0.1) is 13.8 Å². The number of aromatic nitrogens is 3. The number of H-pyrrole nitrogens is 1. The number of benzene rings is 1. The Balaban J connectivity index is 1.37. The minimum atomic E-state index is -0.156. The van der Waals surface area contributed by atoms with E-state index in [1.807, 2.05) is 30.0 Å². The van der Waals surface area contributed by atoms with Crippen molar-refractivity contribution in [3.05, 3.63) is 63.8 Å². The van der Waals surface area contributed by atoms with Crippen LogP contribution in [0.15, 0.2) is 41.3 Å². The molecule has 3 aromatic rings. The number of carbonyl (C=O) groups is 1. The maximum absolute atomic E-state index is 12.7. The van der Waals surface area contributed by atoms with Crippen molar-refractivity contribution in [2.24, 2.45) is 0 Å². The number of nitrogens with one attached hydrogen (secondary N) is 1. The first kappa shape index (κ1) is 19.1. The minimum absolute atomic E-state index is 0.0920. The number of anilines is 1. The molecule has 1 N–H and O–H groups in total. The van der Waals surface area contributed by atoms with Crippen molar-refractivity contribution >= 4 is 22.6 Å². The van der Waals surface area contributed by atoms with Crippen molar-refractivity contribution in [2.75, 3.05) is 31.1 Å². The van der Waals surface area contributed by atoms with Crippen LogP contribution in [0.1, 0.15) is 23.4 Å². The Kier molecular flexibility index (Phi) is 5.29. The SMILES string of the molecule is Cc1ccc2c(=O)[nH]c(CCC(=O)N3CCN(c4ncccc4C)CC3)nc2c1. The fraction of sp³-hybridized carbons (Fsp3) is 0.364. The molecule has 1 amide bonds. The quantitative estimate of drug-likeness (QED) is 0.737. The molecule has 1 aliphatic rings. The molecule has 1 aromatic carbocycles. The predicted octanol–water partition coefficient (Wildman–Crippen LogP) is 2.22. The Bertz CT molecular complexity index is 1100. The van der Waals surface area contributed by atoms with E-state index in [9.17, 15) is 9.59 Å². The van der Waals surface area contributed by atoms with Gasteiger partial charge in [-0.3, -0.25) is 9.59 Å². The number of aromatic amines is 1. The van der Waals surface area contributed by atoms with Gasteiger partial charge in [-0.25, -0.2) is 9.97 Å². The third-order valence-corrected chi connectivity index (χ3v) is 5.40. The van der Waals surface area contributed by atoms with E-state index in [1.54, 1.807) is 12.3 Å². The molecule has 0 unspecified atom stereocenters. The lowest BCUT2D eigenvalue weighted by Crippen LogP contribution is -2.49. The fourth-order valence-corrected chi connectivity index (χ4v) is 3.78. The number of hydrogen-bond donors (Lipinski definition) is 1. The summed E-state index contributed by atoms with van der Waals surface area (Å²) in [6.45, 7) is 6.92. The number of fused-ring (bicyclic) bond motifs is 1. The summed E-state index contributed by atoms with van der Waals surface area (Å²) in [7, 11) is 0. The van der Waals surface area contributed by atoms with Gasteiger partial charge in [0.05, 0.1) is 10.9 Å². The molecule has 4 rings (SSSR count). The highest BCUT2D eigenvalue weighted by molar-refractivity contribution is 5.79. The van der Waals surface area contributed by atoms with Gasteiger partial charge in [-0.2, -0.15) is 0 Å². The molecule has 0 bridgehead atoms. The number of rotatable bonds is 4. The van der Waals surface area contributed by atoms with Crippen LogP contribution in [-0.4, -0.2) is 51.9 Å². The first-order chi connectivity index (χ1) is 14.0. The molecule has 0 aliphatic carbocycles. The Labute approximate surface area is 169 Å². The molecule has 1 aliphatic heterocycles. The third-order valence-electron chi connectivity index (χ3n) is 5.40. The zero-order chi connectivity index (χ0) is 20.4. The molecule has 0 saturated carbocycles. The summed E-state index contributed by atoms with van der Waals surface area (Å²) in [6, 6.07) is 9.57. The van der Waals surface area contributed by atoms with Crippen molar-refractivity contribution in [3.8, 4) is 0 Å². The second-order valence-corrected chi connectivity index (χ2v) is 7.54. The van der Waals surface area contributed by atoms with Gasteiger partial charge < -0.3 is 14.8 Å². The van der Waals surface area contributed by atoms with E-state index < -0.39 is 0 Å². The lowest BCUT2D eigenvalue weighted by Gasteiger charge is -2.36. The maximum atomic E-state index is 12.7. The molecule has 3 heterocycles. The largest absolute Gasteiger partial charge is 0.353 e. The summed E-state index contributed by atoms with van der Waals surface area (Å²) in [5, 5.41) is 0.576. The van der Waals surface area contributed by atoms with E-state index in [2.05, 4.69) is 32.8 Å². The van der Waals surface area contributed by atoms with E-state index in [4.69, 9.17) is 0 Å². The topological polar surface area (TPSA) is 82.2 Å². The number of aryl methyl sites for hydroxylation is 3. The lowest BCUT2D eigenvalue weighted by molar-refractivity contribution is -0.131. The molecule has 1 fully saturated rings. The molecule has 0 atom stereocenters. The van der Waals surface area contributed by atoms with Gasteiger partial charge in [0.1, 0.15) is 11.6 Å². The van der Waals surface area contributed by atoms with Crippen LogP contribution in [0.25, 0.3) is 10.9 Å². The van der Waals surface area contributed by atoms with E-state index in [1.165, 1.54) is 0 Å². The number of pyridine rings is 1. The molecular weight excluding hydrogens is 366 g/mol. The van der Waals surface area contributed by atoms with E-state index in [0.717, 1.165) is 30.0 Å². The lowest BCUT2D eigenvalue weighted by atomic mass is 10.1. The second kappa shape index (κ2) is 8.03. The van der Waals surface area contributed by atoms with Crippen LogP contribution in [0.5, 0.6) is 0 Å². The molecule has 0 radical (unpaired) electrons. The van der Waals surface area contributed by atoms with E-state index in [0.29, 0.717) is 42.7 Å². The predicted molar refractivity (Wildman–Crippen MR) is 113 cm³/mol. The summed E-state index contributed by atoms with van der Waals surface area (Å²) < 4.78 is 0. The van der Waals surface area contributed by atoms with Gasteiger partial charge in [-0.15, -0.1) is 0 Å². The average Bonchev–Trinajstić information content (AvgIpc) is 2.72. The summed E-state index contributed by atoms with van der Waals surface area (Å²) in [6.07, 6.45) is 2.57. The van der Waals surface area contributed by atoms with Gasteiger partial charge in [0, 0.05) is 45.2 Å². The maximum Gasteiger partial charge on any atom is 0.258 e. The normalized spacial score (nSPS) is 14.4. The zero-order valence-electron chi connectivity index (χ0n) is 16.8. The first-order valence-electron chi connectivity index (χ1n) is 9.95. The Morgan fingerprint density at radius 3 is 2.69 bits per heavy atom. The zero-order valence-corrected chi connectivity index (χ0v) is 16.8. The Hall–Kier alpha value is -3.22. The van der Waals surface area contributed by atoms with Crippen molar-refractivity contribution in [1.29, 1.82) is 0 Å². The van der Waals surface area contributed by atoms with Crippen LogP contribution >= 0.6 is 0 Å². The highest BCUT2D eigenvalue weighted by Crippen LogP contribution is 2.18. The summed E-state index contributed by atoms with van der Waals surface area (Å²) in [5.41, 5.74) is 2.72. The summed E-state index contributed by atoms with van der Waals surface area (Å²) >= 11 is 0. The number of amides is 1. The number of carbonyl (C=O) groups excluding carboxylic acids is 1. The smallest absolute Gasteiger partial charge is 0.258 e. The Morgan fingerprint density at radius 2 is 1.93 bits per heavy atom. The average molecular weight is 391 g/mol. The van der Waals surface area contributed by atoms with Crippen LogP contribution in [0.3, 0.4) is 0 Å². The second-order valence-electron chi connectivity index (χ2n) is 7.54. The summed E-state index contributed by atoms with van der Waals surface area (Å²) in [5.74, 6) is 1.64. The van der Waals surface area contributed by atoms with Gasteiger partial charge in [0.15, 0.2) is 0 Å². The number of hydrogen-bond acceptors (Lipinski definition) is 5. The molecule has 150 valence electrons. The monoisotopic (exact) mass is 391 g/mol. The van der Waals surface area contributed by atoms with E-state index >= 15 is 0 Å². The van der Waals surface area contributed by atoms with Crippen molar-refractivity contribution in [2.45, 2.75) is 26.7 Å². The van der Waals surface area contributed by atoms with Gasteiger partial charge in [0.25, 0.3) is 5.56 Å². The molecule has 0 spiro atoms. The first-order valence-corrected chi connectivity index (χ1v) is 9.95. The van der Waals surface area contributed by atoms with Crippen molar-refractivity contribution < 1.29 is 4.79 Å². The van der Waals surface area contributed by atoms with Crippen molar-refractivity contribution in [3.63, 3.8) is 0 Å². The van der Waals surface area contributed by atoms with Crippen molar-refractivity contribution in [1.82, 2.24) is 19.9 Å². The molecule has 2 aromatic heterocycles. The van der Waals surface area contributed by atoms with Gasteiger partial charge in [0.2, 0.25) is 5.91 Å². The summed E-state index contributed by atoms with van der Waals surface area (Å²) in [4.78, 5) is 40.8. The van der Waals surface area contributed by atoms with Gasteiger partial charge in [-0.1, -0.05) is 12.1 Å².